The van der Waals surface area contributed by atoms with E-state index < -0.39 is 0 Å². The highest BCUT2D eigenvalue weighted by Crippen LogP contribution is 2.09. The van der Waals surface area contributed by atoms with Crippen LogP contribution in [0, 0.1) is 0 Å². The fourth-order valence-electron chi connectivity index (χ4n) is 1.76. The van der Waals surface area contributed by atoms with Crippen molar-refractivity contribution >= 4 is 6.29 Å². The van der Waals surface area contributed by atoms with Crippen molar-refractivity contribution in [2.75, 3.05) is 18.1 Å². The zero-order valence-electron chi connectivity index (χ0n) is 7.65. The van der Waals surface area contributed by atoms with E-state index in [9.17, 15) is 4.79 Å². The van der Waals surface area contributed by atoms with Gasteiger partial charge in [0.15, 0.2) is 6.29 Å². The minimum Gasteiger partial charge on any atom is -0.313 e. The highest BCUT2D eigenvalue weighted by molar-refractivity contribution is 5.74. The Kier molecular flexibility index (Phi) is 2.34. The number of aldehydes is 1. The first-order valence-corrected chi connectivity index (χ1v) is 4.78. The van der Waals surface area contributed by atoms with Crippen LogP contribution < -0.4 is 5.01 Å². The summed E-state index contributed by atoms with van der Waals surface area (Å²) >= 11 is 0. The molecule has 2 heterocycles. The lowest BCUT2D eigenvalue weighted by molar-refractivity contribution is 0.112. The van der Waals surface area contributed by atoms with Gasteiger partial charge in [-0.1, -0.05) is 0 Å². The SMILES string of the molecule is O=Cc1ccn(N2CCCCC2)c1. The Morgan fingerprint density at radius 1 is 1.23 bits per heavy atom. The first kappa shape index (κ1) is 8.35. The third kappa shape index (κ3) is 1.74. The quantitative estimate of drug-likeness (QED) is 0.640. The molecule has 0 atom stereocenters. The minimum atomic E-state index is 0.755. The molecule has 0 saturated carbocycles. The molecular weight excluding hydrogens is 164 g/mol. The van der Waals surface area contributed by atoms with Crippen molar-refractivity contribution in [3.8, 4) is 0 Å². The topological polar surface area (TPSA) is 25.2 Å². The molecule has 1 aromatic heterocycles. The van der Waals surface area contributed by atoms with Gasteiger partial charge in [0.05, 0.1) is 0 Å². The van der Waals surface area contributed by atoms with E-state index in [2.05, 4.69) is 5.01 Å². The zero-order valence-corrected chi connectivity index (χ0v) is 7.65. The van der Waals surface area contributed by atoms with Crippen LogP contribution in [0.2, 0.25) is 0 Å². The van der Waals surface area contributed by atoms with Gasteiger partial charge in [0.2, 0.25) is 0 Å². The molecule has 0 radical (unpaired) electrons. The van der Waals surface area contributed by atoms with Crippen molar-refractivity contribution in [1.82, 2.24) is 4.68 Å². The molecule has 1 saturated heterocycles. The van der Waals surface area contributed by atoms with E-state index in [0.717, 1.165) is 24.9 Å². The molecule has 2 rings (SSSR count). The largest absolute Gasteiger partial charge is 0.313 e. The maximum atomic E-state index is 10.5. The van der Waals surface area contributed by atoms with Gasteiger partial charge < -0.3 is 5.01 Å². The Morgan fingerprint density at radius 2 is 2.00 bits per heavy atom. The summed E-state index contributed by atoms with van der Waals surface area (Å²) in [5.41, 5.74) is 0.755. The molecule has 0 unspecified atom stereocenters. The lowest BCUT2D eigenvalue weighted by Gasteiger charge is -2.29. The molecule has 1 aliphatic heterocycles. The van der Waals surface area contributed by atoms with Gasteiger partial charge in [-0.25, -0.2) is 0 Å². The Hall–Kier alpha value is -1.25. The summed E-state index contributed by atoms with van der Waals surface area (Å²) in [6.45, 7) is 2.21. The van der Waals surface area contributed by atoms with E-state index in [0.29, 0.717) is 0 Å². The van der Waals surface area contributed by atoms with E-state index in [4.69, 9.17) is 0 Å². The fraction of sp³-hybridized carbons (Fsp3) is 0.500. The summed E-state index contributed by atoms with van der Waals surface area (Å²) in [6, 6.07) is 1.85. The van der Waals surface area contributed by atoms with Gasteiger partial charge >= 0.3 is 0 Å². The average molecular weight is 178 g/mol. The van der Waals surface area contributed by atoms with Crippen LogP contribution >= 0.6 is 0 Å². The molecule has 1 aromatic rings. The van der Waals surface area contributed by atoms with Crippen molar-refractivity contribution in [3.05, 3.63) is 24.0 Å². The maximum absolute atomic E-state index is 10.5. The van der Waals surface area contributed by atoms with Crippen molar-refractivity contribution in [2.24, 2.45) is 0 Å². The number of hydrogen-bond acceptors (Lipinski definition) is 2. The van der Waals surface area contributed by atoms with Gasteiger partial charge in [-0.15, -0.1) is 0 Å². The molecule has 0 spiro atoms. The van der Waals surface area contributed by atoms with E-state index in [1.54, 1.807) is 0 Å². The molecule has 3 nitrogen and oxygen atoms in total. The van der Waals surface area contributed by atoms with Crippen LogP contribution in [-0.2, 0) is 0 Å². The maximum Gasteiger partial charge on any atom is 0.151 e. The molecule has 70 valence electrons. The first-order chi connectivity index (χ1) is 6.40. The molecule has 13 heavy (non-hydrogen) atoms. The fourth-order valence-corrected chi connectivity index (χ4v) is 1.76. The normalized spacial score (nSPS) is 17.4. The molecule has 0 amide bonds. The monoisotopic (exact) mass is 178 g/mol. The molecule has 1 aliphatic rings. The smallest absolute Gasteiger partial charge is 0.151 e. The van der Waals surface area contributed by atoms with Crippen LogP contribution in [0.4, 0.5) is 0 Å². The Labute approximate surface area is 77.9 Å². The third-order valence-electron chi connectivity index (χ3n) is 2.50. The summed E-state index contributed by atoms with van der Waals surface area (Å²) in [5.74, 6) is 0. The van der Waals surface area contributed by atoms with Crippen LogP contribution in [-0.4, -0.2) is 24.1 Å². The highest BCUT2D eigenvalue weighted by Gasteiger charge is 2.09. The second-order valence-electron chi connectivity index (χ2n) is 3.46. The third-order valence-corrected chi connectivity index (χ3v) is 2.50. The van der Waals surface area contributed by atoms with Crippen LogP contribution in [0.25, 0.3) is 0 Å². The van der Waals surface area contributed by atoms with Crippen molar-refractivity contribution < 1.29 is 4.79 Å². The predicted molar refractivity (Wildman–Crippen MR) is 51.6 cm³/mol. The minimum absolute atomic E-state index is 0.755. The molecule has 0 N–H and O–H groups in total. The van der Waals surface area contributed by atoms with E-state index >= 15 is 0 Å². The zero-order chi connectivity index (χ0) is 9.10. The predicted octanol–water partition coefficient (Wildman–Crippen LogP) is 1.42. The van der Waals surface area contributed by atoms with Crippen LogP contribution in [0.15, 0.2) is 18.5 Å². The molecule has 0 aliphatic carbocycles. The number of rotatable bonds is 2. The first-order valence-electron chi connectivity index (χ1n) is 4.78. The van der Waals surface area contributed by atoms with Crippen LogP contribution in [0.3, 0.4) is 0 Å². The van der Waals surface area contributed by atoms with Gasteiger partial charge in [-0.05, 0) is 25.3 Å². The second-order valence-corrected chi connectivity index (χ2v) is 3.46. The molecule has 1 fully saturated rings. The van der Waals surface area contributed by atoms with Gasteiger partial charge in [0.25, 0.3) is 0 Å². The Balaban J connectivity index is 2.09. The standard InChI is InChI=1S/C10H14N2O/c13-9-10-4-7-12(8-10)11-5-2-1-3-6-11/h4,7-9H,1-3,5-6H2. The van der Waals surface area contributed by atoms with Crippen molar-refractivity contribution in [2.45, 2.75) is 19.3 Å². The molecule has 0 aromatic carbocycles. The number of carbonyl (C=O) groups is 1. The second kappa shape index (κ2) is 3.64. The van der Waals surface area contributed by atoms with Gasteiger partial charge in [-0.2, -0.15) is 0 Å². The van der Waals surface area contributed by atoms with Gasteiger partial charge in [0, 0.05) is 31.0 Å². The summed E-state index contributed by atoms with van der Waals surface area (Å²) in [7, 11) is 0. The molecule has 3 heteroatoms. The number of carbonyl (C=O) groups excluding carboxylic acids is 1. The molecular formula is C10H14N2O. The summed E-state index contributed by atoms with van der Waals surface area (Å²) in [4.78, 5) is 10.5. The summed E-state index contributed by atoms with van der Waals surface area (Å²) in [6.07, 6.45) is 8.58. The summed E-state index contributed by atoms with van der Waals surface area (Å²) in [5, 5.41) is 2.27. The number of piperidine rings is 1. The highest BCUT2D eigenvalue weighted by atomic mass is 16.1. The summed E-state index contributed by atoms with van der Waals surface area (Å²) < 4.78 is 2.03. The van der Waals surface area contributed by atoms with Gasteiger partial charge in [-0.3, -0.25) is 9.47 Å². The van der Waals surface area contributed by atoms with Crippen LogP contribution in [0.5, 0.6) is 0 Å². The molecule has 0 bridgehead atoms. The van der Waals surface area contributed by atoms with Crippen molar-refractivity contribution in [1.29, 1.82) is 0 Å². The lowest BCUT2D eigenvalue weighted by Crippen LogP contribution is -2.38. The van der Waals surface area contributed by atoms with Crippen molar-refractivity contribution in [3.63, 3.8) is 0 Å². The van der Waals surface area contributed by atoms with Gasteiger partial charge in [0.1, 0.15) is 0 Å². The van der Waals surface area contributed by atoms with Crippen LogP contribution in [0.1, 0.15) is 29.6 Å². The lowest BCUT2D eigenvalue weighted by atomic mass is 10.2. The van der Waals surface area contributed by atoms with E-state index in [1.165, 1.54) is 19.3 Å². The van der Waals surface area contributed by atoms with E-state index in [-0.39, 0.29) is 0 Å². The average Bonchev–Trinajstić information content (AvgIpc) is 2.67. The number of nitrogens with zero attached hydrogens (tertiary/aromatic N) is 2. The Morgan fingerprint density at radius 3 is 2.62 bits per heavy atom. The number of hydrogen-bond donors (Lipinski definition) is 0. The number of aromatic nitrogens is 1. The van der Waals surface area contributed by atoms with E-state index in [1.807, 2.05) is 23.1 Å². The Bertz CT molecular complexity index is 287.